The van der Waals surface area contributed by atoms with Crippen LogP contribution in [0.3, 0.4) is 0 Å². The molecule has 0 aliphatic heterocycles. The maximum Gasteiger partial charge on any atom is 0.423 e. The van der Waals surface area contributed by atoms with E-state index in [9.17, 15) is 26.3 Å². The van der Waals surface area contributed by atoms with Gasteiger partial charge >= 0.3 is 12.4 Å². The average molecular weight is 301 g/mol. The van der Waals surface area contributed by atoms with Crippen LogP contribution in [0.5, 0.6) is 0 Å². The van der Waals surface area contributed by atoms with Crippen molar-refractivity contribution in [3.05, 3.63) is 35.4 Å². The molecule has 0 aliphatic carbocycles. The summed E-state index contributed by atoms with van der Waals surface area (Å²) >= 11 is 0. The topological polar surface area (TPSA) is 21.3 Å². The Morgan fingerprint density at radius 3 is 1.80 bits per heavy atom. The summed E-state index contributed by atoms with van der Waals surface area (Å²) in [4.78, 5) is 0. The van der Waals surface area contributed by atoms with Crippen LogP contribution < -0.4 is 5.32 Å². The number of hydrogen-bond acceptors (Lipinski definition) is 2. The minimum atomic E-state index is -5.48. The summed E-state index contributed by atoms with van der Waals surface area (Å²) in [7, 11) is 1.72. The van der Waals surface area contributed by atoms with Crippen LogP contribution in [0.4, 0.5) is 26.3 Å². The Balaban J connectivity index is 2.68. The smallest absolute Gasteiger partial charge is 0.356 e. The Bertz CT molecular complexity index is 397. The molecule has 1 N–H and O–H groups in total. The number of benzene rings is 1. The predicted octanol–water partition coefficient (Wildman–Crippen LogP) is 3.42. The van der Waals surface area contributed by atoms with Crippen LogP contribution in [0.25, 0.3) is 0 Å². The molecular formula is C12H13F6NO. The van der Waals surface area contributed by atoms with Crippen LogP contribution in [0.1, 0.15) is 11.1 Å². The highest BCUT2D eigenvalue weighted by Crippen LogP contribution is 2.36. The Labute approximate surface area is 111 Å². The van der Waals surface area contributed by atoms with Crippen molar-refractivity contribution < 1.29 is 31.1 Å². The summed E-state index contributed by atoms with van der Waals surface area (Å²) in [6.45, 7) is -0.210. The van der Waals surface area contributed by atoms with Gasteiger partial charge in [-0.05, 0) is 18.2 Å². The maximum atomic E-state index is 12.2. The molecule has 0 atom stereocenters. The lowest BCUT2D eigenvalue weighted by Gasteiger charge is -2.23. The maximum absolute atomic E-state index is 12.2. The number of ether oxygens (including phenoxy) is 1. The van der Waals surface area contributed by atoms with E-state index in [1.165, 1.54) is 12.1 Å². The standard InChI is InChI=1S/C12H13F6NO/c1-19-6-8-2-4-9(5-3-8)7-20-10(11(13,14)15)12(16,17)18/h2-5,10,19H,6-7H2,1H3. The third-order valence-corrected chi connectivity index (χ3v) is 2.42. The average Bonchev–Trinajstić information content (AvgIpc) is 2.28. The summed E-state index contributed by atoms with van der Waals surface area (Å²) < 4.78 is 77.4. The molecule has 2 nitrogen and oxygen atoms in total. The van der Waals surface area contributed by atoms with Gasteiger partial charge in [0.05, 0.1) is 6.61 Å². The molecule has 0 aliphatic rings. The van der Waals surface area contributed by atoms with Crippen molar-refractivity contribution in [1.82, 2.24) is 5.32 Å². The molecule has 1 aromatic rings. The molecule has 0 saturated heterocycles. The highest BCUT2D eigenvalue weighted by atomic mass is 19.4. The molecule has 0 fully saturated rings. The number of halogens is 6. The zero-order valence-corrected chi connectivity index (χ0v) is 10.5. The van der Waals surface area contributed by atoms with Gasteiger partial charge in [-0.25, -0.2) is 0 Å². The van der Waals surface area contributed by atoms with E-state index in [0.717, 1.165) is 5.56 Å². The molecule has 8 heteroatoms. The van der Waals surface area contributed by atoms with E-state index in [4.69, 9.17) is 0 Å². The summed E-state index contributed by atoms with van der Waals surface area (Å²) in [6.07, 6.45) is -14.7. The van der Waals surface area contributed by atoms with Gasteiger partial charge in [0.1, 0.15) is 0 Å². The van der Waals surface area contributed by atoms with Crippen molar-refractivity contribution in [1.29, 1.82) is 0 Å². The summed E-state index contributed by atoms with van der Waals surface area (Å²) in [5.74, 6) is 0. The molecule has 0 unspecified atom stereocenters. The van der Waals surface area contributed by atoms with Crippen LogP contribution in [-0.2, 0) is 17.9 Å². The van der Waals surface area contributed by atoms with Gasteiger partial charge in [0.25, 0.3) is 0 Å². The second-order valence-corrected chi connectivity index (χ2v) is 4.12. The fourth-order valence-corrected chi connectivity index (χ4v) is 1.51. The zero-order valence-electron chi connectivity index (χ0n) is 10.5. The van der Waals surface area contributed by atoms with E-state index in [1.54, 1.807) is 19.2 Å². The molecule has 114 valence electrons. The van der Waals surface area contributed by atoms with Crippen molar-refractivity contribution in [3.8, 4) is 0 Å². The van der Waals surface area contributed by atoms with Crippen molar-refractivity contribution in [3.63, 3.8) is 0 Å². The summed E-state index contributed by atoms with van der Waals surface area (Å²) in [5.41, 5.74) is 1.10. The minimum Gasteiger partial charge on any atom is -0.356 e. The number of alkyl halides is 6. The van der Waals surface area contributed by atoms with Gasteiger partial charge in [-0.2, -0.15) is 26.3 Å². The largest absolute Gasteiger partial charge is 0.423 e. The molecule has 1 rings (SSSR count). The SMILES string of the molecule is CNCc1ccc(COC(C(F)(F)F)C(F)(F)F)cc1. The van der Waals surface area contributed by atoms with Crippen LogP contribution in [0, 0.1) is 0 Å². The summed E-state index contributed by atoms with van der Waals surface area (Å²) in [6, 6.07) is 6.06. The highest BCUT2D eigenvalue weighted by molar-refractivity contribution is 5.21. The van der Waals surface area contributed by atoms with Crippen molar-refractivity contribution in [2.75, 3.05) is 7.05 Å². The van der Waals surface area contributed by atoms with Crippen molar-refractivity contribution >= 4 is 0 Å². The Morgan fingerprint density at radius 2 is 1.40 bits per heavy atom. The van der Waals surface area contributed by atoms with E-state index in [0.29, 0.717) is 6.54 Å². The molecule has 0 aromatic heterocycles. The van der Waals surface area contributed by atoms with E-state index in [-0.39, 0.29) is 5.56 Å². The van der Waals surface area contributed by atoms with Crippen LogP contribution in [0.2, 0.25) is 0 Å². The van der Waals surface area contributed by atoms with E-state index in [2.05, 4.69) is 10.1 Å². The van der Waals surface area contributed by atoms with Gasteiger partial charge in [-0.15, -0.1) is 0 Å². The lowest BCUT2D eigenvalue weighted by atomic mass is 10.1. The Hall–Kier alpha value is -1.28. The van der Waals surface area contributed by atoms with Gasteiger partial charge in [0.15, 0.2) is 0 Å². The number of rotatable bonds is 5. The lowest BCUT2D eigenvalue weighted by molar-refractivity contribution is -0.324. The number of hydrogen-bond donors (Lipinski definition) is 1. The predicted molar refractivity (Wildman–Crippen MR) is 59.9 cm³/mol. The molecule has 0 amide bonds. The Morgan fingerprint density at radius 1 is 0.950 bits per heavy atom. The Kier molecular flexibility index (Phi) is 5.41. The first-order chi connectivity index (χ1) is 9.14. The van der Waals surface area contributed by atoms with Gasteiger partial charge < -0.3 is 10.1 Å². The molecule has 0 radical (unpaired) electrons. The van der Waals surface area contributed by atoms with Crippen LogP contribution in [0.15, 0.2) is 24.3 Å². The highest BCUT2D eigenvalue weighted by Gasteiger charge is 2.57. The van der Waals surface area contributed by atoms with Crippen molar-refractivity contribution in [2.45, 2.75) is 31.6 Å². The van der Waals surface area contributed by atoms with Gasteiger partial charge in [-0.3, -0.25) is 0 Å². The minimum absolute atomic E-state index is 0.239. The zero-order chi connectivity index (χ0) is 15.4. The molecule has 20 heavy (non-hydrogen) atoms. The first-order valence-corrected chi connectivity index (χ1v) is 5.62. The number of nitrogens with one attached hydrogen (secondary N) is 1. The molecule has 0 spiro atoms. The first-order valence-electron chi connectivity index (χ1n) is 5.62. The van der Waals surface area contributed by atoms with Crippen LogP contribution >= 0.6 is 0 Å². The van der Waals surface area contributed by atoms with E-state index in [1.807, 2.05) is 0 Å². The molecule has 1 aromatic carbocycles. The molecular weight excluding hydrogens is 288 g/mol. The second kappa shape index (κ2) is 6.45. The fraction of sp³-hybridized carbons (Fsp3) is 0.500. The molecule has 0 heterocycles. The summed E-state index contributed by atoms with van der Waals surface area (Å²) in [5, 5.41) is 2.86. The monoisotopic (exact) mass is 301 g/mol. The third kappa shape index (κ3) is 5.01. The van der Waals surface area contributed by atoms with Crippen molar-refractivity contribution in [2.24, 2.45) is 0 Å². The normalized spacial score (nSPS) is 13.0. The first kappa shape index (κ1) is 16.8. The van der Waals surface area contributed by atoms with Gasteiger partial charge in [0.2, 0.25) is 6.10 Å². The molecule has 0 saturated carbocycles. The fourth-order valence-electron chi connectivity index (χ4n) is 1.51. The van der Waals surface area contributed by atoms with Gasteiger partial charge in [0, 0.05) is 6.54 Å². The lowest BCUT2D eigenvalue weighted by Crippen LogP contribution is -2.44. The second-order valence-electron chi connectivity index (χ2n) is 4.12. The molecule has 0 bridgehead atoms. The van der Waals surface area contributed by atoms with E-state index < -0.39 is 25.1 Å². The quantitative estimate of drug-likeness (QED) is 0.842. The van der Waals surface area contributed by atoms with E-state index >= 15 is 0 Å². The third-order valence-electron chi connectivity index (χ3n) is 2.42. The van der Waals surface area contributed by atoms with Crippen LogP contribution in [-0.4, -0.2) is 25.5 Å². The van der Waals surface area contributed by atoms with Gasteiger partial charge in [-0.1, -0.05) is 24.3 Å².